The molecular weight excluding hydrogens is 324 g/mol. The van der Waals surface area contributed by atoms with E-state index in [0.29, 0.717) is 18.0 Å². The highest BCUT2D eigenvalue weighted by Gasteiger charge is 2.27. The minimum absolute atomic E-state index is 0.469. The molecule has 24 heavy (non-hydrogen) atoms. The lowest BCUT2D eigenvalue weighted by Crippen LogP contribution is -2.35. The molecule has 0 atom stereocenters. The van der Waals surface area contributed by atoms with Crippen LogP contribution in [0.25, 0.3) is 0 Å². The van der Waals surface area contributed by atoms with Crippen LogP contribution in [0.4, 0.5) is 0 Å². The Morgan fingerprint density at radius 2 is 1.88 bits per heavy atom. The van der Waals surface area contributed by atoms with Gasteiger partial charge in [0.05, 0.1) is 4.90 Å². The molecule has 1 fully saturated rings. The Kier molecular flexibility index (Phi) is 5.92. The quantitative estimate of drug-likeness (QED) is 0.734. The number of sulfonamides is 1. The average Bonchev–Trinajstić information content (AvgIpc) is 2.91. The SMILES string of the molecule is COCCCN1CCCN(S(=O)(=O)c2ccc3c(c2)CCC3)CC1. The van der Waals surface area contributed by atoms with Crippen LogP contribution in [0, 0.1) is 0 Å². The molecule has 0 spiro atoms. The summed E-state index contributed by atoms with van der Waals surface area (Å²) in [6.45, 7) is 4.68. The third-order valence-corrected chi connectivity index (χ3v) is 6.97. The van der Waals surface area contributed by atoms with Crippen LogP contribution in [0.3, 0.4) is 0 Å². The van der Waals surface area contributed by atoms with E-state index in [1.807, 2.05) is 12.1 Å². The molecule has 0 bridgehead atoms. The summed E-state index contributed by atoms with van der Waals surface area (Å²) in [6.07, 6.45) is 5.10. The zero-order valence-electron chi connectivity index (χ0n) is 14.5. The van der Waals surface area contributed by atoms with E-state index in [0.717, 1.165) is 58.3 Å². The molecule has 1 heterocycles. The second-order valence-electron chi connectivity index (χ2n) is 6.73. The van der Waals surface area contributed by atoms with Gasteiger partial charge in [-0.3, -0.25) is 0 Å². The third-order valence-electron chi connectivity index (χ3n) is 5.08. The van der Waals surface area contributed by atoms with Crippen LogP contribution in [-0.2, 0) is 27.6 Å². The number of fused-ring (bicyclic) bond motifs is 1. The number of aryl methyl sites for hydroxylation is 2. The minimum Gasteiger partial charge on any atom is -0.385 e. The fraction of sp³-hybridized carbons (Fsp3) is 0.667. The van der Waals surface area contributed by atoms with Gasteiger partial charge >= 0.3 is 0 Å². The van der Waals surface area contributed by atoms with Crippen LogP contribution < -0.4 is 0 Å². The Bertz CT molecular complexity index is 660. The molecule has 5 nitrogen and oxygen atoms in total. The summed E-state index contributed by atoms with van der Waals surface area (Å²) in [4.78, 5) is 2.81. The standard InChI is InChI=1S/C18H28N2O3S/c1-23-14-4-10-19-9-3-11-20(13-12-19)24(21,22)18-8-7-16-5-2-6-17(16)15-18/h7-8,15H,2-6,9-14H2,1H3. The first-order valence-electron chi connectivity index (χ1n) is 8.94. The smallest absolute Gasteiger partial charge is 0.243 e. The molecule has 1 aliphatic heterocycles. The first kappa shape index (κ1) is 17.9. The van der Waals surface area contributed by atoms with E-state index in [1.54, 1.807) is 17.5 Å². The maximum absolute atomic E-state index is 13.0. The summed E-state index contributed by atoms with van der Waals surface area (Å²) in [5.41, 5.74) is 2.53. The van der Waals surface area contributed by atoms with Crippen molar-refractivity contribution in [2.24, 2.45) is 0 Å². The minimum atomic E-state index is -3.37. The van der Waals surface area contributed by atoms with E-state index < -0.39 is 10.0 Å². The molecule has 2 aliphatic rings. The molecule has 1 aliphatic carbocycles. The van der Waals surface area contributed by atoms with Crippen molar-refractivity contribution in [2.75, 3.05) is 46.4 Å². The van der Waals surface area contributed by atoms with E-state index in [2.05, 4.69) is 4.90 Å². The van der Waals surface area contributed by atoms with Crippen LogP contribution in [-0.4, -0.2) is 64.1 Å². The number of hydrogen-bond acceptors (Lipinski definition) is 4. The maximum Gasteiger partial charge on any atom is 0.243 e. The molecule has 134 valence electrons. The summed E-state index contributed by atoms with van der Waals surface area (Å²) in [7, 11) is -1.66. The molecule has 6 heteroatoms. The van der Waals surface area contributed by atoms with Crippen LogP contribution in [0.1, 0.15) is 30.4 Å². The highest BCUT2D eigenvalue weighted by Crippen LogP contribution is 2.26. The van der Waals surface area contributed by atoms with Gasteiger partial charge in [0.25, 0.3) is 0 Å². The van der Waals surface area contributed by atoms with Crippen molar-refractivity contribution in [3.63, 3.8) is 0 Å². The molecule has 1 aromatic rings. The topological polar surface area (TPSA) is 49.9 Å². The molecular formula is C18H28N2O3S. The van der Waals surface area contributed by atoms with Crippen LogP contribution in [0.2, 0.25) is 0 Å². The van der Waals surface area contributed by atoms with Crippen LogP contribution >= 0.6 is 0 Å². The molecule has 0 radical (unpaired) electrons. The van der Waals surface area contributed by atoms with Gasteiger partial charge in [-0.15, -0.1) is 0 Å². The zero-order valence-corrected chi connectivity index (χ0v) is 15.4. The molecule has 0 saturated carbocycles. The molecule has 1 saturated heterocycles. The maximum atomic E-state index is 13.0. The van der Waals surface area contributed by atoms with Crippen molar-refractivity contribution in [1.29, 1.82) is 0 Å². The van der Waals surface area contributed by atoms with Crippen molar-refractivity contribution in [3.05, 3.63) is 29.3 Å². The normalized spacial score (nSPS) is 20.0. The van der Waals surface area contributed by atoms with E-state index in [1.165, 1.54) is 11.1 Å². The number of hydrogen-bond donors (Lipinski definition) is 0. The molecule has 0 unspecified atom stereocenters. The van der Waals surface area contributed by atoms with Gasteiger partial charge in [0.1, 0.15) is 0 Å². The summed E-state index contributed by atoms with van der Waals surface area (Å²) < 4.78 is 32.8. The Hall–Kier alpha value is -0.950. The molecule has 3 rings (SSSR count). The van der Waals surface area contributed by atoms with E-state index >= 15 is 0 Å². The summed E-state index contributed by atoms with van der Waals surface area (Å²) in [5, 5.41) is 0. The highest BCUT2D eigenvalue weighted by atomic mass is 32.2. The predicted molar refractivity (Wildman–Crippen MR) is 94.8 cm³/mol. The van der Waals surface area contributed by atoms with Crippen molar-refractivity contribution >= 4 is 10.0 Å². The number of methoxy groups -OCH3 is 1. The van der Waals surface area contributed by atoms with E-state index in [-0.39, 0.29) is 0 Å². The van der Waals surface area contributed by atoms with Gasteiger partial charge in [0.15, 0.2) is 0 Å². The lowest BCUT2D eigenvalue weighted by molar-refractivity contribution is 0.173. The summed E-state index contributed by atoms with van der Waals surface area (Å²) in [5.74, 6) is 0. The lowest BCUT2D eigenvalue weighted by atomic mass is 10.1. The van der Waals surface area contributed by atoms with Gasteiger partial charge in [0, 0.05) is 39.9 Å². The first-order chi connectivity index (χ1) is 11.6. The van der Waals surface area contributed by atoms with Gasteiger partial charge in [-0.1, -0.05) is 6.07 Å². The average molecular weight is 353 g/mol. The predicted octanol–water partition coefficient (Wildman–Crippen LogP) is 1.91. The van der Waals surface area contributed by atoms with Gasteiger partial charge in [-0.25, -0.2) is 8.42 Å². The third kappa shape index (κ3) is 3.99. The van der Waals surface area contributed by atoms with Gasteiger partial charge < -0.3 is 9.64 Å². The first-order valence-corrected chi connectivity index (χ1v) is 10.4. The lowest BCUT2D eigenvalue weighted by Gasteiger charge is -2.22. The summed E-state index contributed by atoms with van der Waals surface area (Å²) in [6, 6.07) is 5.70. The Morgan fingerprint density at radius 3 is 2.71 bits per heavy atom. The number of rotatable bonds is 6. The van der Waals surface area contributed by atoms with Crippen molar-refractivity contribution < 1.29 is 13.2 Å². The van der Waals surface area contributed by atoms with Gasteiger partial charge in [0.2, 0.25) is 10.0 Å². The highest BCUT2D eigenvalue weighted by molar-refractivity contribution is 7.89. The molecule has 1 aromatic carbocycles. The van der Waals surface area contributed by atoms with Crippen LogP contribution in [0.5, 0.6) is 0 Å². The summed E-state index contributed by atoms with van der Waals surface area (Å²) >= 11 is 0. The Labute approximate surface area is 145 Å². The van der Waals surface area contributed by atoms with Crippen molar-refractivity contribution in [3.8, 4) is 0 Å². The molecule has 0 amide bonds. The Balaban J connectivity index is 1.66. The fourth-order valence-corrected chi connectivity index (χ4v) is 5.22. The van der Waals surface area contributed by atoms with Crippen LogP contribution in [0.15, 0.2) is 23.1 Å². The van der Waals surface area contributed by atoms with Gasteiger partial charge in [-0.05, 0) is 61.9 Å². The van der Waals surface area contributed by atoms with E-state index in [4.69, 9.17) is 4.74 Å². The van der Waals surface area contributed by atoms with Crippen molar-refractivity contribution in [2.45, 2.75) is 37.0 Å². The monoisotopic (exact) mass is 352 g/mol. The van der Waals surface area contributed by atoms with Crippen molar-refractivity contribution in [1.82, 2.24) is 9.21 Å². The number of nitrogens with zero attached hydrogens (tertiary/aromatic N) is 2. The fourth-order valence-electron chi connectivity index (χ4n) is 3.70. The number of benzene rings is 1. The Morgan fingerprint density at radius 1 is 1.04 bits per heavy atom. The zero-order chi connectivity index (χ0) is 17.0. The van der Waals surface area contributed by atoms with E-state index in [9.17, 15) is 8.42 Å². The largest absolute Gasteiger partial charge is 0.385 e. The number of ether oxygens (including phenoxy) is 1. The molecule has 0 aromatic heterocycles. The van der Waals surface area contributed by atoms with Gasteiger partial charge in [-0.2, -0.15) is 4.31 Å². The second kappa shape index (κ2) is 7.95. The second-order valence-corrected chi connectivity index (χ2v) is 8.67. The molecule has 0 N–H and O–H groups in total.